The normalized spacial score (nSPS) is 12.1. The van der Waals surface area contributed by atoms with Gasteiger partial charge in [-0.25, -0.2) is 0 Å². The molecular weight excluding hydrogens is 483 g/mol. The van der Waals surface area contributed by atoms with Gasteiger partial charge in [-0.05, 0) is 0 Å². The molecule has 0 unspecified atom stereocenters. The van der Waals surface area contributed by atoms with E-state index in [1.165, 1.54) is 15.9 Å². The first-order valence-corrected chi connectivity index (χ1v) is 12.6. The Morgan fingerprint density at radius 3 is 2.56 bits per heavy atom. The number of aromatic nitrogens is 3. The van der Waals surface area contributed by atoms with E-state index in [9.17, 15) is 4.79 Å². The molecule has 0 aliphatic rings. The van der Waals surface area contributed by atoms with Gasteiger partial charge in [0, 0.05) is 0 Å². The van der Waals surface area contributed by atoms with E-state index in [0.29, 0.717) is 4.53 Å². The van der Waals surface area contributed by atoms with E-state index in [1.54, 1.807) is 4.40 Å². The molecule has 0 aliphatic heterocycles. The molecule has 0 saturated heterocycles. The van der Waals surface area contributed by atoms with Gasteiger partial charge in [-0.15, -0.1) is 0 Å². The maximum atomic E-state index is 13.1. The Hall–Kier alpha value is -3.51. The molecule has 0 amide bonds. The first-order valence-electron chi connectivity index (χ1n) is 10.1. The van der Waals surface area contributed by atoms with Crippen LogP contribution in [0.5, 0.6) is 0 Å². The molecule has 0 fully saturated rings. The van der Waals surface area contributed by atoms with Crippen molar-refractivity contribution in [3.8, 4) is 0 Å². The second-order valence-corrected chi connectivity index (χ2v) is 10.5. The van der Waals surface area contributed by atoms with Crippen LogP contribution in [0.1, 0.15) is 4.44 Å². The number of para-hydroxylation sites is 3. The number of hydrogen-bond donors (Lipinski definition) is 0. The number of rotatable bonds is 4. The zero-order chi connectivity index (χ0) is 21.5. The molecule has 0 aliphatic carbocycles. The summed E-state index contributed by atoms with van der Waals surface area (Å²) in [5.74, 6) is 0.882. The van der Waals surface area contributed by atoms with Gasteiger partial charge in [0.1, 0.15) is 0 Å². The van der Waals surface area contributed by atoms with Gasteiger partial charge in [0.15, 0.2) is 0 Å². The minimum atomic E-state index is -0.00603. The maximum absolute atomic E-state index is 13.1. The first-order chi connectivity index (χ1) is 15.8. The van der Waals surface area contributed by atoms with Crippen molar-refractivity contribution < 1.29 is 0 Å². The summed E-state index contributed by atoms with van der Waals surface area (Å²) in [4.78, 5) is 25.2. The molecule has 32 heavy (non-hydrogen) atoms. The number of benzene rings is 2. The topological polar surface area (TPSA) is 50.5 Å². The summed E-state index contributed by atoms with van der Waals surface area (Å²) in [5, 5.41) is 0. The van der Waals surface area contributed by atoms with Crippen molar-refractivity contribution in [3.63, 3.8) is 0 Å². The number of pyridine rings is 1. The quantitative estimate of drug-likeness (QED) is 0.338. The first kappa shape index (κ1) is 19.2. The summed E-state index contributed by atoms with van der Waals surface area (Å²) in [6.07, 6.45) is 3.82. The Bertz CT molecular complexity index is 1620. The van der Waals surface area contributed by atoms with Crippen molar-refractivity contribution in [2.24, 2.45) is 0 Å². The number of anilines is 3. The molecule has 4 aromatic heterocycles. The molecule has 5 nitrogen and oxygen atoms in total. The molecule has 154 valence electrons. The number of imidazole rings is 1. The van der Waals surface area contributed by atoms with Crippen LogP contribution in [0, 0.1) is 0 Å². The van der Waals surface area contributed by atoms with Crippen LogP contribution in [0.25, 0.3) is 22.1 Å². The molecule has 7 heteroatoms. The fraction of sp³-hybridized carbons (Fsp3) is 0. The summed E-state index contributed by atoms with van der Waals surface area (Å²) < 4.78 is 4.75. The summed E-state index contributed by atoms with van der Waals surface area (Å²) in [6.45, 7) is 0. The van der Waals surface area contributed by atoms with Crippen LogP contribution in [-0.2, 0) is 0 Å². The fourth-order valence-electron chi connectivity index (χ4n) is 3.72. The fourth-order valence-corrected chi connectivity index (χ4v) is 6.92. The number of hydrogen-bond acceptors (Lipinski definition) is 5. The Labute approximate surface area is 193 Å². The zero-order valence-corrected chi connectivity index (χ0v) is 19.3. The van der Waals surface area contributed by atoms with E-state index in [2.05, 4.69) is 39.1 Å². The van der Waals surface area contributed by atoms with Crippen molar-refractivity contribution in [3.05, 3.63) is 110 Å². The summed E-state index contributed by atoms with van der Waals surface area (Å²) in [7, 11) is 0. The van der Waals surface area contributed by atoms with E-state index in [-0.39, 0.29) is 20.1 Å². The molecule has 0 spiro atoms. The third kappa shape index (κ3) is 3.28. The van der Waals surface area contributed by atoms with E-state index in [4.69, 9.17) is 0 Å². The Balaban J connectivity index is 1.45. The van der Waals surface area contributed by atoms with E-state index < -0.39 is 0 Å². The van der Waals surface area contributed by atoms with Gasteiger partial charge >= 0.3 is 194 Å². The molecule has 6 aromatic rings. The zero-order valence-electron chi connectivity index (χ0n) is 16.8. The van der Waals surface area contributed by atoms with Crippen LogP contribution in [0.4, 0.5) is 16.1 Å². The standard InChI is InChI=1S/C25H16N4OSSe/c30-24-21(31-25-27-19-10-4-5-11-20(19)29(24)25)16-18-13-14-23(32-18)28(17-8-2-1-3-9-17)22-12-6-7-15-26-22/h1-16H/b21-16+. The van der Waals surface area contributed by atoms with Crippen LogP contribution >= 0.6 is 11.3 Å². The van der Waals surface area contributed by atoms with Gasteiger partial charge in [-0.2, -0.15) is 0 Å². The van der Waals surface area contributed by atoms with E-state index >= 15 is 0 Å². The number of nitrogens with zero attached hydrogens (tertiary/aromatic N) is 4. The third-order valence-corrected chi connectivity index (χ3v) is 8.25. The van der Waals surface area contributed by atoms with Gasteiger partial charge in [0.05, 0.1) is 0 Å². The molecule has 0 saturated carbocycles. The SMILES string of the molecule is O=c1/c(=C\c2ccc(N(c3ccccc3)c3ccccn3)[se]2)sc2nc3ccccc3n12. The van der Waals surface area contributed by atoms with Crippen LogP contribution < -0.4 is 15.0 Å². The molecule has 0 radical (unpaired) electrons. The molecule has 0 bridgehead atoms. The predicted molar refractivity (Wildman–Crippen MR) is 131 cm³/mol. The van der Waals surface area contributed by atoms with Crippen LogP contribution in [0.2, 0.25) is 0 Å². The average molecular weight is 499 g/mol. The van der Waals surface area contributed by atoms with Gasteiger partial charge in [-0.1, -0.05) is 0 Å². The Morgan fingerprint density at radius 1 is 0.906 bits per heavy atom. The molecular formula is C25H16N4OSSe. The summed E-state index contributed by atoms with van der Waals surface area (Å²) >= 11 is 1.48. The monoisotopic (exact) mass is 500 g/mol. The summed E-state index contributed by atoms with van der Waals surface area (Å²) in [6, 6.07) is 28.2. The average Bonchev–Trinajstić information content (AvgIpc) is 3.51. The second-order valence-electron chi connectivity index (χ2n) is 7.17. The number of fused-ring (bicyclic) bond motifs is 3. The van der Waals surface area contributed by atoms with Crippen LogP contribution in [0.15, 0.2) is 95.9 Å². The molecule has 0 atom stereocenters. The second kappa shape index (κ2) is 7.88. The van der Waals surface area contributed by atoms with Crippen molar-refractivity contribution in [1.29, 1.82) is 0 Å². The van der Waals surface area contributed by atoms with Gasteiger partial charge in [0.25, 0.3) is 0 Å². The van der Waals surface area contributed by atoms with Crippen molar-refractivity contribution in [1.82, 2.24) is 14.4 Å². The Kier molecular flexibility index (Phi) is 4.72. The van der Waals surface area contributed by atoms with E-state index in [1.807, 2.05) is 72.9 Å². The van der Waals surface area contributed by atoms with Gasteiger partial charge in [-0.3, -0.25) is 0 Å². The van der Waals surface area contributed by atoms with Crippen LogP contribution in [-0.4, -0.2) is 28.9 Å². The molecule has 2 aromatic carbocycles. The van der Waals surface area contributed by atoms with E-state index in [0.717, 1.165) is 31.9 Å². The van der Waals surface area contributed by atoms with Crippen LogP contribution in [0.3, 0.4) is 0 Å². The minimum absolute atomic E-state index is 0.00603. The predicted octanol–water partition coefficient (Wildman–Crippen LogP) is 4.38. The summed E-state index contributed by atoms with van der Waals surface area (Å²) in [5.41, 5.74) is 2.77. The van der Waals surface area contributed by atoms with Gasteiger partial charge < -0.3 is 0 Å². The molecule has 4 heterocycles. The van der Waals surface area contributed by atoms with Crippen molar-refractivity contribution >= 4 is 64.0 Å². The van der Waals surface area contributed by atoms with Crippen molar-refractivity contribution in [2.45, 2.75) is 0 Å². The number of thiazole rings is 1. The molecule has 0 N–H and O–H groups in total. The Morgan fingerprint density at radius 2 is 1.72 bits per heavy atom. The third-order valence-electron chi connectivity index (χ3n) is 5.14. The van der Waals surface area contributed by atoms with Crippen molar-refractivity contribution in [2.75, 3.05) is 4.90 Å². The van der Waals surface area contributed by atoms with Gasteiger partial charge in [0.2, 0.25) is 0 Å². The molecule has 6 rings (SSSR count).